The quantitative estimate of drug-likeness (QED) is 0.568. The minimum atomic E-state index is 1.10. The minimum Gasteiger partial charge on any atom is -0.364 e. The molecule has 15 heavy (non-hydrogen) atoms. The smallest absolute Gasteiger partial charge is 0.0702 e. The lowest BCUT2D eigenvalue weighted by atomic mass is 10.1. The maximum absolute atomic E-state index is 3.81. The van der Waals surface area contributed by atoms with Gasteiger partial charge in [-0.15, -0.1) is 0 Å². The van der Waals surface area contributed by atoms with Gasteiger partial charge in [0.1, 0.15) is 0 Å². The summed E-state index contributed by atoms with van der Waals surface area (Å²) in [6.07, 6.45) is 10.3. The van der Waals surface area contributed by atoms with Crippen LogP contribution in [0.5, 0.6) is 0 Å². The third-order valence-corrected chi connectivity index (χ3v) is 3.17. The van der Waals surface area contributed by atoms with Gasteiger partial charge in [0.2, 0.25) is 0 Å². The van der Waals surface area contributed by atoms with E-state index < -0.39 is 0 Å². The first-order valence-electron chi connectivity index (χ1n) is 6.45. The molecule has 0 amide bonds. The zero-order chi connectivity index (χ0) is 10.9. The first-order valence-corrected chi connectivity index (χ1v) is 6.45. The molecule has 2 heteroatoms. The van der Waals surface area contributed by atoms with Gasteiger partial charge in [-0.2, -0.15) is 0 Å². The third kappa shape index (κ3) is 5.22. The van der Waals surface area contributed by atoms with Gasteiger partial charge in [-0.05, 0) is 19.2 Å². The molecule has 0 atom stereocenters. The molecule has 0 aromatic carbocycles. The van der Waals surface area contributed by atoms with Crippen molar-refractivity contribution in [2.24, 2.45) is 0 Å². The van der Waals surface area contributed by atoms with Crippen molar-refractivity contribution < 1.29 is 0 Å². The van der Waals surface area contributed by atoms with E-state index in [9.17, 15) is 0 Å². The van der Waals surface area contributed by atoms with Crippen LogP contribution in [-0.4, -0.2) is 36.1 Å². The molecule has 0 radical (unpaired) electrons. The molecule has 1 aliphatic heterocycles. The van der Waals surface area contributed by atoms with Gasteiger partial charge in [-0.1, -0.05) is 45.6 Å². The van der Waals surface area contributed by atoms with Crippen LogP contribution in [0.15, 0.2) is 12.8 Å². The molecule has 0 N–H and O–H groups in total. The fourth-order valence-electron chi connectivity index (χ4n) is 2.12. The summed E-state index contributed by atoms with van der Waals surface area (Å²) in [5, 5.41) is 0. The van der Waals surface area contributed by atoms with Crippen molar-refractivity contribution >= 4 is 0 Å². The normalized spacial score (nSPS) is 17.3. The van der Waals surface area contributed by atoms with Crippen LogP contribution in [0.1, 0.15) is 45.4 Å². The Morgan fingerprint density at radius 3 is 2.47 bits per heavy atom. The Kier molecular flexibility index (Phi) is 6.49. The summed E-state index contributed by atoms with van der Waals surface area (Å²) in [6.45, 7) is 10.8. The predicted octanol–water partition coefficient (Wildman–Crippen LogP) is 3.07. The molecule has 0 aromatic rings. The summed E-state index contributed by atoms with van der Waals surface area (Å²) < 4.78 is 0. The van der Waals surface area contributed by atoms with Crippen LogP contribution in [0.4, 0.5) is 0 Å². The number of hydrogen-bond donors (Lipinski definition) is 0. The Bertz CT molecular complexity index is 168. The van der Waals surface area contributed by atoms with Crippen LogP contribution >= 0.6 is 0 Å². The minimum absolute atomic E-state index is 1.10. The van der Waals surface area contributed by atoms with Gasteiger partial charge < -0.3 is 4.90 Å². The van der Waals surface area contributed by atoms with Crippen LogP contribution in [0.25, 0.3) is 0 Å². The summed E-state index contributed by atoms with van der Waals surface area (Å²) >= 11 is 0. The van der Waals surface area contributed by atoms with Crippen molar-refractivity contribution in [3.8, 4) is 0 Å². The average Bonchev–Trinajstić information content (AvgIpc) is 2.71. The van der Waals surface area contributed by atoms with Crippen molar-refractivity contribution in [2.75, 3.05) is 26.3 Å². The van der Waals surface area contributed by atoms with Crippen LogP contribution in [0, 0.1) is 0 Å². The molecule has 0 aliphatic carbocycles. The molecule has 1 heterocycles. The highest BCUT2D eigenvalue weighted by atomic mass is 15.4. The lowest BCUT2D eigenvalue weighted by Crippen LogP contribution is -2.23. The number of nitrogens with zero attached hydrogens (tertiary/aromatic N) is 2. The van der Waals surface area contributed by atoms with E-state index in [1.54, 1.807) is 0 Å². The summed E-state index contributed by atoms with van der Waals surface area (Å²) in [6, 6.07) is 0. The third-order valence-electron chi connectivity index (χ3n) is 3.17. The monoisotopic (exact) mass is 210 g/mol. The van der Waals surface area contributed by atoms with Gasteiger partial charge >= 0.3 is 0 Å². The zero-order valence-electron chi connectivity index (χ0n) is 10.2. The number of unbranched alkanes of at least 4 members (excludes halogenated alkanes) is 5. The zero-order valence-corrected chi connectivity index (χ0v) is 10.2. The highest BCUT2D eigenvalue weighted by Gasteiger charge is 2.15. The van der Waals surface area contributed by atoms with E-state index in [2.05, 4.69) is 23.3 Å². The fourth-order valence-corrected chi connectivity index (χ4v) is 2.12. The van der Waals surface area contributed by atoms with E-state index in [4.69, 9.17) is 0 Å². The molecular weight excluding hydrogens is 184 g/mol. The average molecular weight is 210 g/mol. The summed E-state index contributed by atoms with van der Waals surface area (Å²) in [5.41, 5.74) is 0. The van der Waals surface area contributed by atoms with E-state index >= 15 is 0 Å². The molecule has 0 saturated carbocycles. The standard InChI is InChI=1S/C13H26N2/c1-3-5-6-7-8-9-10-15-12-11-14(4-2)13-15/h4H,2-3,5-13H2,1H3. The van der Waals surface area contributed by atoms with E-state index in [1.807, 2.05) is 6.20 Å². The van der Waals surface area contributed by atoms with Crippen molar-refractivity contribution in [1.29, 1.82) is 0 Å². The summed E-state index contributed by atoms with van der Waals surface area (Å²) in [5.74, 6) is 0. The first kappa shape index (κ1) is 12.6. The topological polar surface area (TPSA) is 6.48 Å². The van der Waals surface area contributed by atoms with Crippen LogP contribution in [-0.2, 0) is 0 Å². The SMILES string of the molecule is C=CN1CCN(CCCCCCCC)C1. The maximum atomic E-state index is 3.81. The number of rotatable bonds is 8. The molecule has 1 rings (SSSR count). The summed E-state index contributed by atoms with van der Waals surface area (Å²) in [7, 11) is 0. The predicted molar refractivity (Wildman–Crippen MR) is 66.7 cm³/mol. The van der Waals surface area contributed by atoms with Crippen LogP contribution in [0.3, 0.4) is 0 Å². The molecule has 1 fully saturated rings. The highest BCUT2D eigenvalue weighted by molar-refractivity contribution is 4.78. The fraction of sp³-hybridized carbons (Fsp3) is 0.846. The molecule has 1 saturated heterocycles. The van der Waals surface area contributed by atoms with Crippen molar-refractivity contribution in [3.63, 3.8) is 0 Å². The van der Waals surface area contributed by atoms with Gasteiger partial charge in [0.15, 0.2) is 0 Å². The van der Waals surface area contributed by atoms with E-state index in [0.717, 1.165) is 6.67 Å². The Balaban J connectivity index is 1.90. The van der Waals surface area contributed by atoms with E-state index in [0.29, 0.717) is 0 Å². The van der Waals surface area contributed by atoms with Crippen molar-refractivity contribution in [1.82, 2.24) is 9.80 Å². The second kappa shape index (κ2) is 7.75. The Morgan fingerprint density at radius 1 is 1.07 bits per heavy atom. The molecule has 88 valence electrons. The largest absolute Gasteiger partial charge is 0.364 e. The van der Waals surface area contributed by atoms with E-state index in [-0.39, 0.29) is 0 Å². The van der Waals surface area contributed by atoms with Gasteiger partial charge in [0, 0.05) is 13.1 Å². The van der Waals surface area contributed by atoms with Gasteiger partial charge in [-0.25, -0.2) is 0 Å². The van der Waals surface area contributed by atoms with Crippen LogP contribution in [0.2, 0.25) is 0 Å². The lowest BCUT2D eigenvalue weighted by molar-refractivity contribution is 0.283. The maximum Gasteiger partial charge on any atom is 0.0702 e. The highest BCUT2D eigenvalue weighted by Crippen LogP contribution is 2.09. The molecule has 0 spiro atoms. The van der Waals surface area contributed by atoms with Crippen molar-refractivity contribution in [2.45, 2.75) is 45.4 Å². The van der Waals surface area contributed by atoms with Gasteiger partial charge in [0.05, 0.1) is 6.67 Å². The van der Waals surface area contributed by atoms with Gasteiger partial charge in [0.25, 0.3) is 0 Å². The Hall–Kier alpha value is -0.500. The first-order chi connectivity index (χ1) is 7.36. The Morgan fingerprint density at radius 2 is 1.80 bits per heavy atom. The van der Waals surface area contributed by atoms with Gasteiger partial charge in [-0.3, -0.25) is 4.90 Å². The molecule has 0 unspecified atom stereocenters. The molecule has 2 nitrogen and oxygen atoms in total. The van der Waals surface area contributed by atoms with Crippen molar-refractivity contribution in [3.05, 3.63) is 12.8 Å². The van der Waals surface area contributed by atoms with Crippen LogP contribution < -0.4 is 0 Å². The summed E-state index contributed by atoms with van der Waals surface area (Å²) in [4.78, 5) is 4.82. The molecule has 0 bridgehead atoms. The van der Waals surface area contributed by atoms with E-state index in [1.165, 1.54) is 58.2 Å². The molecule has 0 aromatic heterocycles. The number of hydrogen-bond acceptors (Lipinski definition) is 2. The molecule has 1 aliphatic rings. The Labute approximate surface area is 94.9 Å². The molecular formula is C13H26N2. The lowest BCUT2D eigenvalue weighted by Gasteiger charge is -2.15. The second-order valence-corrected chi connectivity index (χ2v) is 4.52. The second-order valence-electron chi connectivity index (χ2n) is 4.52.